The zero-order chi connectivity index (χ0) is 35.3. The number of rotatable bonds is 10. The van der Waals surface area contributed by atoms with Crippen LogP contribution in [0, 0.1) is 42.1 Å². The van der Waals surface area contributed by atoms with Gasteiger partial charge in [0.05, 0.1) is 6.10 Å². The van der Waals surface area contributed by atoms with Gasteiger partial charge in [-0.15, -0.1) is 6.42 Å². The van der Waals surface area contributed by atoms with Gasteiger partial charge in [-0.25, -0.2) is 4.79 Å². The maximum atomic E-state index is 12.6. The molecule has 2 rings (SSSR count). The van der Waals surface area contributed by atoms with E-state index in [1.165, 1.54) is 6.92 Å². The Bertz CT molecular complexity index is 1340. The normalized spacial score (nSPS) is 29.4. The molecule has 16 heteroatoms. The first-order valence-electron chi connectivity index (χ1n) is 14.3. The average Bonchev–Trinajstić information content (AvgIpc) is 2.97. The lowest BCUT2D eigenvalue weighted by atomic mass is 9.88. The SMILES string of the molecule is C#CC#CC#COC(=O)O[C@H]1[C@H](OC(C)=O)[C@H](OC(C)=O)[C@@H](O[C@@H]2[C@@H](OC(C)=O)O[C@@H](CC)[C@@H](C)[C@@H]2OC(C)=O)O[C@@H]1COC(C)=O. The fourth-order valence-electron chi connectivity index (χ4n) is 4.83. The van der Waals surface area contributed by atoms with Gasteiger partial charge in [0, 0.05) is 52.4 Å². The molecule has 0 aromatic rings. The van der Waals surface area contributed by atoms with Crippen LogP contribution in [0.2, 0.25) is 0 Å². The lowest BCUT2D eigenvalue weighted by molar-refractivity contribution is -0.357. The Hall–Kier alpha value is -4.82. The van der Waals surface area contributed by atoms with Crippen molar-refractivity contribution < 1.29 is 76.1 Å². The Kier molecular flexibility index (Phi) is 15.0. The molecule has 0 saturated carbocycles. The van der Waals surface area contributed by atoms with Crippen LogP contribution in [-0.2, 0) is 71.3 Å². The summed E-state index contributed by atoms with van der Waals surface area (Å²) in [7, 11) is 0. The van der Waals surface area contributed by atoms with E-state index in [9.17, 15) is 28.8 Å². The minimum absolute atomic E-state index is 0.439. The highest BCUT2D eigenvalue weighted by Gasteiger charge is 2.56. The molecule has 0 aliphatic carbocycles. The van der Waals surface area contributed by atoms with Crippen molar-refractivity contribution in [2.45, 2.75) is 110 Å². The van der Waals surface area contributed by atoms with Gasteiger partial charge in [0.2, 0.25) is 6.29 Å². The molecular weight excluding hydrogens is 628 g/mol. The van der Waals surface area contributed by atoms with Crippen LogP contribution in [0.3, 0.4) is 0 Å². The Morgan fingerprint density at radius 1 is 0.638 bits per heavy atom. The van der Waals surface area contributed by atoms with E-state index in [2.05, 4.69) is 22.5 Å². The van der Waals surface area contributed by atoms with E-state index in [4.69, 9.17) is 49.1 Å². The number of hydrogen-bond donors (Lipinski definition) is 0. The maximum absolute atomic E-state index is 12.6. The van der Waals surface area contributed by atoms with Crippen molar-refractivity contribution in [1.29, 1.82) is 0 Å². The molecule has 47 heavy (non-hydrogen) atoms. The van der Waals surface area contributed by atoms with E-state index < -0.39 is 104 Å². The molecule has 2 saturated heterocycles. The van der Waals surface area contributed by atoms with Gasteiger partial charge in [0.1, 0.15) is 24.9 Å². The maximum Gasteiger partial charge on any atom is 0.523 e. The van der Waals surface area contributed by atoms with Crippen molar-refractivity contribution in [3.05, 3.63) is 0 Å². The number of ether oxygens (including phenoxy) is 10. The molecule has 0 aromatic heterocycles. The summed E-state index contributed by atoms with van der Waals surface area (Å²) in [6.45, 7) is 8.36. The summed E-state index contributed by atoms with van der Waals surface area (Å²) in [5.41, 5.74) is 0. The van der Waals surface area contributed by atoms with Crippen molar-refractivity contribution in [3.63, 3.8) is 0 Å². The van der Waals surface area contributed by atoms with Gasteiger partial charge < -0.3 is 47.4 Å². The predicted octanol–water partition coefficient (Wildman–Crippen LogP) is 0.908. The number of terminal acetylenes is 1. The summed E-state index contributed by atoms with van der Waals surface area (Å²) < 4.78 is 55.1. The van der Waals surface area contributed by atoms with E-state index in [0.29, 0.717) is 6.42 Å². The molecular formula is C31H36O16. The minimum Gasteiger partial charge on any atom is -0.463 e. The summed E-state index contributed by atoms with van der Waals surface area (Å²) in [6.07, 6.45) is -6.77. The lowest BCUT2D eigenvalue weighted by Gasteiger charge is -2.48. The van der Waals surface area contributed by atoms with E-state index in [1.807, 2.05) is 19.0 Å². The monoisotopic (exact) mass is 664 g/mol. The van der Waals surface area contributed by atoms with Crippen LogP contribution >= 0.6 is 0 Å². The van der Waals surface area contributed by atoms with Gasteiger partial charge in [-0.1, -0.05) is 13.8 Å². The largest absolute Gasteiger partial charge is 0.523 e. The van der Waals surface area contributed by atoms with Crippen molar-refractivity contribution in [1.82, 2.24) is 0 Å². The predicted molar refractivity (Wildman–Crippen MR) is 152 cm³/mol. The van der Waals surface area contributed by atoms with Crippen LogP contribution in [0.15, 0.2) is 0 Å². The van der Waals surface area contributed by atoms with E-state index >= 15 is 0 Å². The molecule has 0 unspecified atom stereocenters. The molecule has 0 N–H and O–H groups in total. The number of carbonyl (C=O) groups excluding carboxylic acids is 6. The van der Waals surface area contributed by atoms with Gasteiger partial charge in [-0.2, -0.15) is 0 Å². The van der Waals surface area contributed by atoms with Crippen LogP contribution in [0.1, 0.15) is 54.9 Å². The van der Waals surface area contributed by atoms with E-state index in [1.54, 1.807) is 6.92 Å². The Labute approximate surface area is 271 Å². The number of hydrogen-bond acceptors (Lipinski definition) is 16. The fourth-order valence-corrected chi connectivity index (χ4v) is 4.83. The average molecular weight is 665 g/mol. The third-order valence-corrected chi connectivity index (χ3v) is 6.54. The Balaban J connectivity index is 2.62. The number of esters is 5. The third-order valence-electron chi connectivity index (χ3n) is 6.54. The van der Waals surface area contributed by atoms with Crippen molar-refractivity contribution in [2.75, 3.05) is 6.61 Å². The van der Waals surface area contributed by atoms with Crippen LogP contribution in [0.5, 0.6) is 0 Å². The summed E-state index contributed by atoms with van der Waals surface area (Å²) in [5, 5.41) is 0. The summed E-state index contributed by atoms with van der Waals surface area (Å²) in [5.74, 6) is 3.98. The molecule has 16 nitrogen and oxygen atoms in total. The highest BCUT2D eigenvalue weighted by molar-refractivity contribution is 5.68. The molecule has 0 amide bonds. The minimum atomic E-state index is -1.73. The molecule has 2 aliphatic heterocycles. The molecule has 256 valence electrons. The summed E-state index contributed by atoms with van der Waals surface area (Å²) in [6, 6.07) is 0. The van der Waals surface area contributed by atoms with Gasteiger partial charge in [-0.05, 0) is 18.3 Å². The quantitative estimate of drug-likeness (QED) is 0.181. The molecule has 2 heterocycles. The first-order chi connectivity index (χ1) is 22.2. The second-order valence-electron chi connectivity index (χ2n) is 10.1. The van der Waals surface area contributed by atoms with Crippen LogP contribution < -0.4 is 0 Å². The molecule has 0 bridgehead atoms. The molecule has 0 spiro atoms. The smallest absolute Gasteiger partial charge is 0.463 e. The van der Waals surface area contributed by atoms with E-state index in [-0.39, 0.29) is 0 Å². The van der Waals surface area contributed by atoms with Gasteiger partial charge >= 0.3 is 36.0 Å². The highest BCUT2D eigenvalue weighted by atomic mass is 16.8. The molecule has 2 aliphatic rings. The van der Waals surface area contributed by atoms with Crippen LogP contribution in [0.4, 0.5) is 4.79 Å². The molecule has 10 atom stereocenters. The third kappa shape index (κ3) is 11.8. The van der Waals surface area contributed by atoms with Gasteiger partial charge in [0.25, 0.3) is 0 Å². The Morgan fingerprint density at radius 3 is 1.77 bits per heavy atom. The number of carbonyl (C=O) groups is 6. The summed E-state index contributed by atoms with van der Waals surface area (Å²) in [4.78, 5) is 73.1. The Morgan fingerprint density at radius 2 is 1.21 bits per heavy atom. The topological polar surface area (TPSA) is 195 Å². The van der Waals surface area contributed by atoms with Crippen LogP contribution in [0.25, 0.3) is 0 Å². The first-order valence-corrected chi connectivity index (χ1v) is 14.3. The lowest BCUT2D eigenvalue weighted by Crippen LogP contribution is -2.65. The standard InChI is InChI=1S/C31H36O16/c1-9-11-12-13-14-38-31(37)47-25-23(15-39-17(4)32)45-30(28(42-20(7)35)26(25)41-19(6)34)46-27-24(40-18(5)33)16(3)22(10-2)44-29(27)43-21(8)36/h1,16,22-30H,10,15H2,2-8H3/t16-,22+,23-,24+,25-,26+,27+,28+,29+,30-/m1/s1. The second kappa shape index (κ2) is 18.4. The molecule has 2 fully saturated rings. The first kappa shape index (κ1) is 38.4. The summed E-state index contributed by atoms with van der Waals surface area (Å²) >= 11 is 0. The second-order valence-corrected chi connectivity index (χ2v) is 10.1. The van der Waals surface area contributed by atoms with E-state index in [0.717, 1.165) is 27.7 Å². The van der Waals surface area contributed by atoms with Gasteiger partial charge in [0.15, 0.2) is 30.7 Å². The zero-order valence-corrected chi connectivity index (χ0v) is 26.8. The zero-order valence-electron chi connectivity index (χ0n) is 26.8. The van der Waals surface area contributed by atoms with Crippen molar-refractivity contribution in [2.24, 2.45) is 5.92 Å². The molecule has 0 aromatic carbocycles. The van der Waals surface area contributed by atoms with Crippen molar-refractivity contribution in [3.8, 4) is 36.2 Å². The van der Waals surface area contributed by atoms with Gasteiger partial charge in [-0.3, -0.25) is 24.0 Å². The van der Waals surface area contributed by atoms with Crippen LogP contribution in [-0.4, -0.2) is 97.9 Å². The fraction of sp³-hybridized carbons (Fsp3) is 0.613. The molecule has 0 radical (unpaired) electrons. The highest BCUT2D eigenvalue weighted by Crippen LogP contribution is 2.37. The van der Waals surface area contributed by atoms with Crippen molar-refractivity contribution >= 4 is 36.0 Å².